The molecular formula is C15H22N2O3. The maximum absolute atomic E-state index is 10.7. The Hall–Kier alpha value is -1.59. The molecule has 1 N–H and O–H groups in total. The molecule has 0 aromatic heterocycles. The minimum absolute atomic E-state index is 0.285. The number of carboxylic acids is 1. The zero-order chi connectivity index (χ0) is 14.4. The van der Waals surface area contributed by atoms with Crippen LogP contribution in [0.15, 0.2) is 24.3 Å². The van der Waals surface area contributed by atoms with Gasteiger partial charge in [-0.1, -0.05) is 6.92 Å². The number of carboxylic acid groups (broad SMARTS) is 1. The fourth-order valence-electron chi connectivity index (χ4n) is 2.32. The fraction of sp³-hybridized carbons (Fsp3) is 0.533. The highest BCUT2D eigenvalue weighted by Crippen LogP contribution is 2.12. The van der Waals surface area contributed by atoms with Gasteiger partial charge in [-0.2, -0.15) is 0 Å². The van der Waals surface area contributed by atoms with Crippen molar-refractivity contribution in [3.8, 4) is 5.75 Å². The summed E-state index contributed by atoms with van der Waals surface area (Å²) in [5, 5.41) is 8.81. The van der Waals surface area contributed by atoms with E-state index >= 15 is 0 Å². The summed E-state index contributed by atoms with van der Waals surface area (Å²) in [5.41, 5.74) is 0.285. The first-order chi connectivity index (χ1) is 9.69. The molecule has 1 aliphatic heterocycles. The largest absolute Gasteiger partial charge is 0.492 e. The highest BCUT2D eigenvalue weighted by molar-refractivity contribution is 5.87. The number of hydrogen-bond acceptors (Lipinski definition) is 4. The Bertz CT molecular complexity index is 425. The molecule has 1 saturated heterocycles. The summed E-state index contributed by atoms with van der Waals surface area (Å²) >= 11 is 0. The summed E-state index contributed by atoms with van der Waals surface area (Å²) in [6, 6.07) is 6.55. The van der Waals surface area contributed by atoms with E-state index in [1.54, 1.807) is 24.3 Å². The Labute approximate surface area is 119 Å². The van der Waals surface area contributed by atoms with Gasteiger partial charge in [0.2, 0.25) is 0 Å². The van der Waals surface area contributed by atoms with Crippen LogP contribution in [0.5, 0.6) is 5.75 Å². The molecule has 0 bridgehead atoms. The van der Waals surface area contributed by atoms with E-state index < -0.39 is 5.97 Å². The van der Waals surface area contributed by atoms with E-state index in [0.29, 0.717) is 6.61 Å². The summed E-state index contributed by atoms with van der Waals surface area (Å²) in [5.74, 6) is -0.187. The summed E-state index contributed by atoms with van der Waals surface area (Å²) < 4.78 is 5.65. The van der Waals surface area contributed by atoms with Gasteiger partial charge < -0.3 is 14.7 Å². The smallest absolute Gasteiger partial charge is 0.335 e. The van der Waals surface area contributed by atoms with Crippen LogP contribution in [0, 0.1) is 0 Å². The van der Waals surface area contributed by atoms with Gasteiger partial charge in [-0.05, 0) is 30.8 Å². The van der Waals surface area contributed by atoms with Crippen LogP contribution in [0.2, 0.25) is 0 Å². The summed E-state index contributed by atoms with van der Waals surface area (Å²) in [6.07, 6.45) is 0. The molecule has 0 spiro atoms. The lowest BCUT2D eigenvalue weighted by molar-refractivity contribution is 0.0697. The van der Waals surface area contributed by atoms with E-state index in [2.05, 4.69) is 16.7 Å². The summed E-state index contributed by atoms with van der Waals surface area (Å²) in [7, 11) is 0. The van der Waals surface area contributed by atoms with Crippen molar-refractivity contribution >= 4 is 5.97 Å². The van der Waals surface area contributed by atoms with Gasteiger partial charge >= 0.3 is 5.97 Å². The van der Waals surface area contributed by atoms with Crippen molar-refractivity contribution in [2.24, 2.45) is 0 Å². The Morgan fingerprint density at radius 1 is 1.15 bits per heavy atom. The lowest BCUT2D eigenvalue weighted by atomic mass is 10.2. The molecule has 0 aliphatic carbocycles. The Morgan fingerprint density at radius 2 is 1.75 bits per heavy atom. The zero-order valence-corrected chi connectivity index (χ0v) is 11.9. The van der Waals surface area contributed by atoms with Crippen LogP contribution < -0.4 is 4.74 Å². The van der Waals surface area contributed by atoms with Crippen molar-refractivity contribution < 1.29 is 14.6 Å². The number of ether oxygens (including phenoxy) is 1. The van der Waals surface area contributed by atoms with Crippen LogP contribution >= 0.6 is 0 Å². The van der Waals surface area contributed by atoms with Crippen molar-refractivity contribution in [3.05, 3.63) is 29.8 Å². The number of aromatic carboxylic acids is 1. The number of hydrogen-bond donors (Lipinski definition) is 1. The molecule has 1 fully saturated rings. The molecule has 5 heteroatoms. The normalized spacial score (nSPS) is 17.1. The van der Waals surface area contributed by atoms with Gasteiger partial charge in [0, 0.05) is 32.7 Å². The number of piperazine rings is 1. The van der Waals surface area contributed by atoms with Gasteiger partial charge in [0.15, 0.2) is 0 Å². The molecule has 1 aromatic carbocycles. The van der Waals surface area contributed by atoms with Crippen molar-refractivity contribution in [3.63, 3.8) is 0 Å². The first kappa shape index (κ1) is 14.8. The third kappa shape index (κ3) is 4.21. The number of likely N-dealkylation sites (N-methyl/N-ethyl adjacent to an activating group) is 1. The van der Waals surface area contributed by atoms with Crippen molar-refractivity contribution in [1.29, 1.82) is 0 Å². The second kappa shape index (κ2) is 7.26. The molecule has 5 nitrogen and oxygen atoms in total. The van der Waals surface area contributed by atoms with Gasteiger partial charge in [-0.25, -0.2) is 4.79 Å². The Balaban J connectivity index is 1.69. The van der Waals surface area contributed by atoms with Gasteiger partial charge in [0.05, 0.1) is 5.56 Å². The highest BCUT2D eigenvalue weighted by atomic mass is 16.5. The van der Waals surface area contributed by atoms with E-state index in [-0.39, 0.29) is 5.56 Å². The summed E-state index contributed by atoms with van der Waals surface area (Å²) in [4.78, 5) is 15.6. The topological polar surface area (TPSA) is 53.0 Å². The van der Waals surface area contributed by atoms with Crippen molar-refractivity contribution in [2.75, 3.05) is 45.9 Å². The molecule has 110 valence electrons. The third-order valence-corrected chi connectivity index (χ3v) is 3.69. The predicted octanol–water partition coefficient (Wildman–Crippen LogP) is 1.40. The molecule has 0 amide bonds. The minimum Gasteiger partial charge on any atom is -0.492 e. The molecule has 0 unspecified atom stereocenters. The van der Waals surface area contributed by atoms with E-state index in [0.717, 1.165) is 45.0 Å². The Kier molecular flexibility index (Phi) is 5.38. The van der Waals surface area contributed by atoms with Crippen LogP contribution in [-0.2, 0) is 0 Å². The second-order valence-electron chi connectivity index (χ2n) is 4.95. The number of nitrogens with zero attached hydrogens (tertiary/aromatic N) is 2. The van der Waals surface area contributed by atoms with Crippen LogP contribution in [0.3, 0.4) is 0 Å². The molecule has 0 radical (unpaired) electrons. The molecule has 0 saturated carbocycles. The number of rotatable bonds is 6. The average molecular weight is 278 g/mol. The zero-order valence-electron chi connectivity index (χ0n) is 11.9. The SMILES string of the molecule is CCN1CCN(CCOc2ccc(C(=O)O)cc2)CC1. The van der Waals surface area contributed by atoms with Crippen LogP contribution in [-0.4, -0.2) is 66.8 Å². The maximum Gasteiger partial charge on any atom is 0.335 e. The first-order valence-electron chi connectivity index (χ1n) is 7.10. The molecule has 1 aliphatic rings. The summed E-state index contributed by atoms with van der Waals surface area (Å²) in [6.45, 7) is 9.31. The van der Waals surface area contributed by atoms with E-state index in [9.17, 15) is 4.79 Å². The molecule has 2 rings (SSSR count). The molecule has 1 aromatic rings. The van der Waals surface area contributed by atoms with Crippen molar-refractivity contribution in [1.82, 2.24) is 9.80 Å². The monoisotopic (exact) mass is 278 g/mol. The minimum atomic E-state index is -0.912. The first-order valence-corrected chi connectivity index (χ1v) is 7.10. The van der Waals surface area contributed by atoms with Crippen molar-refractivity contribution in [2.45, 2.75) is 6.92 Å². The number of benzene rings is 1. The number of carbonyl (C=O) groups is 1. The highest BCUT2D eigenvalue weighted by Gasteiger charge is 2.14. The van der Waals surface area contributed by atoms with Gasteiger partial charge in [0.1, 0.15) is 12.4 Å². The van der Waals surface area contributed by atoms with Gasteiger partial charge in [0.25, 0.3) is 0 Å². The molecule has 0 atom stereocenters. The third-order valence-electron chi connectivity index (χ3n) is 3.69. The predicted molar refractivity (Wildman–Crippen MR) is 77.5 cm³/mol. The lowest BCUT2D eigenvalue weighted by Gasteiger charge is -2.33. The maximum atomic E-state index is 10.7. The molecular weight excluding hydrogens is 256 g/mol. The second-order valence-corrected chi connectivity index (χ2v) is 4.95. The average Bonchev–Trinajstić information content (AvgIpc) is 2.48. The van der Waals surface area contributed by atoms with Gasteiger partial charge in [-0.15, -0.1) is 0 Å². The van der Waals surface area contributed by atoms with E-state index in [1.165, 1.54) is 0 Å². The van der Waals surface area contributed by atoms with E-state index in [4.69, 9.17) is 9.84 Å². The van der Waals surface area contributed by atoms with E-state index in [1.807, 2.05) is 0 Å². The lowest BCUT2D eigenvalue weighted by Crippen LogP contribution is -2.47. The van der Waals surface area contributed by atoms with Crippen LogP contribution in [0.4, 0.5) is 0 Å². The van der Waals surface area contributed by atoms with Crippen LogP contribution in [0.1, 0.15) is 17.3 Å². The Morgan fingerprint density at radius 3 is 2.30 bits per heavy atom. The quantitative estimate of drug-likeness (QED) is 0.852. The molecule has 1 heterocycles. The molecule has 20 heavy (non-hydrogen) atoms. The van der Waals surface area contributed by atoms with Crippen LogP contribution in [0.25, 0.3) is 0 Å². The standard InChI is InChI=1S/C15H22N2O3/c1-2-16-7-9-17(10-8-16)11-12-20-14-5-3-13(4-6-14)15(18)19/h3-6H,2,7-12H2,1H3,(H,18,19). The van der Waals surface area contributed by atoms with Gasteiger partial charge in [-0.3, -0.25) is 4.90 Å². The fourth-order valence-corrected chi connectivity index (χ4v) is 2.32.